The Bertz CT molecular complexity index is 549. The van der Waals surface area contributed by atoms with Crippen molar-refractivity contribution in [3.63, 3.8) is 0 Å². The van der Waals surface area contributed by atoms with Crippen LogP contribution in [0.1, 0.15) is 129 Å². The number of rotatable bonds is 24. The van der Waals surface area contributed by atoms with Crippen LogP contribution in [0, 0.1) is 0 Å². The van der Waals surface area contributed by atoms with Gasteiger partial charge in [0.2, 0.25) is 0 Å². The minimum atomic E-state index is -4.72. The third-order valence-corrected chi connectivity index (χ3v) is 6.11. The van der Waals surface area contributed by atoms with E-state index in [4.69, 9.17) is 19.3 Å². The van der Waals surface area contributed by atoms with Crippen LogP contribution in [0.2, 0.25) is 0 Å². The zero-order chi connectivity index (χ0) is 25.5. The van der Waals surface area contributed by atoms with Crippen LogP contribution in [-0.2, 0) is 28.2 Å². The lowest BCUT2D eigenvalue weighted by molar-refractivity contribution is -0.161. The van der Waals surface area contributed by atoms with E-state index in [0.29, 0.717) is 6.42 Å². The molecule has 0 heterocycles. The third kappa shape index (κ3) is 24.2. The van der Waals surface area contributed by atoms with Crippen molar-refractivity contribution < 1.29 is 37.9 Å². The number of carbonyl (C=O) groups is 2. The van der Waals surface area contributed by atoms with E-state index in [1.165, 1.54) is 57.8 Å². The van der Waals surface area contributed by atoms with E-state index in [2.05, 4.69) is 18.4 Å². The van der Waals surface area contributed by atoms with Gasteiger partial charge in [-0.3, -0.25) is 14.1 Å². The fourth-order valence-corrected chi connectivity index (χ4v) is 3.97. The van der Waals surface area contributed by atoms with Crippen LogP contribution >= 0.6 is 7.82 Å². The zero-order valence-electron chi connectivity index (χ0n) is 21.5. The van der Waals surface area contributed by atoms with Crippen LogP contribution in [0.25, 0.3) is 0 Å². The summed E-state index contributed by atoms with van der Waals surface area (Å²) in [5, 5.41) is 0. The molecule has 0 rings (SSSR count). The Balaban J connectivity index is 4.12. The summed E-state index contributed by atoms with van der Waals surface area (Å²) in [5.41, 5.74) is 0. The highest BCUT2D eigenvalue weighted by atomic mass is 31.2. The third-order valence-electron chi connectivity index (χ3n) is 5.63. The van der Waals surface area contributed by atoms with Crippen LogP contribution in [0.5, 0.6) is 0 Å². The predicted octanol–water partition coefficient (Wildman–Crippen LogP) is 6.61. The van der Waals surface area contributed by atoms with Gasteiger partial charge in [0.1, 0.15) is 6.61 Å². The van der Waals surface area contributed by atoms with Crippen molar-refractivity contribution in [3.8, 4) is 0 Å². The predicted molar refractivity (Wildman–Crippen MR) is 133 cm³/mol. The van der Waals surface area contributed by atoms with Gasteiger partial charge < -0.3 is 19.3 Å². The molecule has 0 aliphatic carbocycles. The normalized spacial score (nSPS) is 12.5. The Kier molecular flexibility index (Phi) is 21.9. The molecule has 8 nitrogen and oxygen atoms in total. The lowest BCUT2D eigenvalue weighted by atomic mass is 10.1. The van der Waals surface area contributed by atoms with Crippen molar-refractivity contribution >= 4 is 19.8 Å². The minimum absolute atomic E-state index is 0.216. The maximum Gasteiger partial charge on any atom is 0.469 e. The fourth-order valence-electron chi connectivity index (χ4n) is 3.61. The molecule has 0 aromatic heterocycles. The van der Waals surface area contributed by atoms with Gasteiger partial charge in [0.25, 0.3) is 0 Å². The molecule has 0 aromatic carbocycles. The molecule has 0 saturated carbocycles. The molecular weight excluding hydrogens is 459 g/mol. The Morgan fingerprint density at radius 3 is 1.50 bits per heavy atom. The molecule has 0 amide bonds. The summed E-state index contributed by atoms with van der Waals surface area (Å²) < 4.78 is 25.9. The van der Waals surface area contributed by atoms with Crippen LogP contribution in [0.4, 0.5) is 0 Å². The quantitative estimate of drug-likeness (QED) is 0.0849. The van der Waals surface area contributed by atoms with Gasteiger partial charge in [0, 0.05) is 12.8 Å². The number of hydrogen-bond donors (Lipinski definition) is 2. The van der Waals surface area contributed by atoms with E-state index in [0.717, 1.165) is 38.5 Å². The molecule has 0 fully saturated rings. The molecule has 0 spiro atoms. The average molecular weight is 509 g/mol. The number of phosphoric acid groups is 1. The summed E-state index contributed by atoms with van der Waals surface area (Å²) in [6.07, 6.45) is 17.2. The van der Waals surface area contributed by atoms with E-state index >= 15 is 0 Å². The van der Waals surface area contributed by atoms with Gasteiger partial charge in [-0.2, -0.15) is 0 Å². The van der Waals surface area contributed by atoms with Gasteiger partial charge in [-0.25, -0.2) is 4.57 Å². The van der Waals surface area contributed by atoms with Crippen molar-refractivity contribution in [1.82, 2.24) is 0 Å². The van der Waals surface area contributed by atoms with E-state index in [1.54, 1.807) is 0 Å². The molecule has 0 aliphatic rings. The number of unbranched alkanes of at least 4 members (excludes halogenated alkanes) is 14. The van der Waals surface area contributed by atoms with Crippen molar-refractivity contribution in [2.75, 3.05) is 13.2 Å². The molecule has 202 valence electrons. The van der Waals surface area contributed by atoms with Crippen molar-refractivity contribution in [3.05, 3.63) is 0 Å². The Hall–Kier alpha value is -0.950. The topological polar surface area (TPSA) is 119 Å². The van der Waals surface area contributed by atoms with Gasteiger partial charge >= 0.3 is 19.8 Å². The molecule has 1 atom stereocenters. The monoisotopic (exact) mass is 508 g/mol. The van der Waals surface area contributed by atoms with Gasteiger partial charge in [-0.1, -0.05) is 104 Å². The minimum Gasteiger partial charge on any atom is -0.462 e. The largest absolute Gasteiger partial charge is 0.469 e. The molecule has 0 aliphatic heterocycles. The number of carbonyl (C=O) groups excluding carboxylic acids is 2. The Morgan fingerprint density at radius 2 is 1.06 bits per heavy atom. The summed E-state index contributed by atoms with van der Waals surface area (Å²) in [7, 11) is -4.72. The van der Waals surface area contributed by atoms with E-state index in [1.807, 2.05) is 0 Å². The maximum absolute atomic E-state index is 12.1. The highest BCUT2D eigenvalue weighted by molar-refractivity contribution is 7.46. The van der Waals surface area contributed by atoms with Gasteiger partial charge in [-0.05, 0) is 12.8 Å². The van der Waals surface area contributed by atoms with Crippen LogP contribution < -0.4 is 0 Å². The smallest absolute Gasteiger partial charge is 0.462 e. The lowest BCUT2D eigenvalue weighted by Gasteiger charge is -2.18. The van der Waals surface area contributed by atoms with Crippen molar-refractivity contribution in [1.29, 1.82) is 0 Å². The molecule has 9 heteroatoms. The van der Waals surface area contributed by atoms with E-state index in [-0.39, 0.29) is 19.4 Å². The molecule has 0 saturated heterocycles. The highest BCUT2D eigenvalue weighted by Crippen LogP contribution is 2.35. The Morgan fingerprint density at radius 1 is 0.647 bits per heavy atom. The summed E-state index contributed by atoms with van der Waals surface area (Å²) in [5.74, 6) is -0.893. The van der Waals surface area contributed by atoms with E-state index < -0.39 is 32.5 Å². The average Bonchev–Trinajstić information content (AvgIpc) is 2.78. The first-order valence-corrected chi connectivity index (χ1v) is 14.9. The molecule has 0 bridgehead atoms. The SMILES string of the molecule is CCCCCCCCCCCC(=O)OC(COC(=O)CCCCCCCCC)COP(=O)(O)O. The maximum atomic E-state index is 12.1. The second-order valence-electron chi connectivity index (χ2n) is 9.03. The second kappa shape index (κ2) is 22.5. The van der Waals surface area contributed by atoms with E-state index in [9.17, 15) is 14.2 Å². The lowest BCUT2D eigenvalue weighted by Crippen LogP contribution is -2.29. The molecule has 2 N–H and O–H groups in total. The zero-order valence-corrected chi connectivity index (χ0v) is 22.4. The second-order valence-corrected chi connectivity index (χ2v) is 10.3. The van der Waals surface area contributed by atoms with Crippen LogP contribution in [0.3, 0.4) is 0 Å². The molecular formula is C25H49O8P. The van der Waals surface area contributed by atoms with Gasteiger partial charge in [0.15, 0.2) is 6.10 Å². The highest BCUT2D eigenvalue weighted by Gasteiger charge is 2.22. The summed E-state index contributed by atoms with van der Waals surface area (Å²) in [6.45, 7) is 3.56. The molecule has 34 heavy (non-hydrogen) atoms. The number of phosphoric ester groups is 1. The van der Waals surface area contributed by atoms with Crippen molar-refractivity contribution in [2.45, 2.75) is 136 Å². The first-order chi connectivity index (χ1) is 16.3. The molecule has 1 unspecified atom stereocenters. The van der Waals surface area contributed by atoms with Crippen LogP contribution in [-0.4, -0.2) is 41.0 Å². The number of esters is 2. The molecule has 0 radical (unpaired) electrons. The fraction of sp³-hybridized carbons (Fsp3) is 0.920. The standard InChI is InChI=1S/C25H49O8P/c1-3-5-7-9-11-12-14-16-18-20-25(27)33-23(22-32-34(28,29)30)21-31-24(26)19-17-15-13-10-8-6-4-2/h23H,3-22H2,1-2H3,(H2,28,29,30). The summed E-state index contributed by atoms with van der Waals surface area (Å²) in [6, 6.07) is 0. The number of hydrogen-bond acceptors (Lipinski definition) is 6. The Labute approximate surface area is 206 Å². The number of ether oxygens (including phenoxy) is 2. The summed E-state index contributed by atoms with van der Waals surface area (Å²) >= 11 is 0. The first kappa shape index (κ1) is 33.0. The first-order valence-electron chi connectivity index (χ1n) is 13.3. The van der Waals surface area contributed by atoms with Crippen LogP contribution in [0.15, 0.2) is 0 Å². The van der Waals surface area contributed by atoms with Gasteiger partial charge in [0.05, 0.1) is 6.61 Å². The van der Waals surface area contributed by atoms with Gasteiger partial charge in [-0.15, -0.1) is 0 Å². The van der Waals surface area contributed by atoms with Crippen molar-refractivity contribution in [2.24, 2.45) is 0 Å². The summed E-state index contributed by atoms with van der Waals surface area (Å²) in [4.78, 5) is 42.0. The molecule has 0 aromatic rings.